The van der Waals surface area contributed by atoms with E-state index in [2.05, 4.69) is 0 Å². The zero-order valence-electron chi connectivity index (χ0n) is 9.19. The molecule has 0 unspecified atom stereocenters. The molecule has 1 saturated heterocycles. The molecular formula is C10H11ClO5S2. The molecule has 1 fully saturated rings. The lowest BCUT2D eigenvalue weighted by molar-refractivity contribution is 0.475. The van der Waals surface area contributed by atoms with Gasteiger partial charge in [0, 0.05) is 0 Å². The molecule has 2 atom stereocenters. The molecule has 1 heterocycles. The fourth-order valence-corrected chi connectivity index (χ4v) is 6.82. The van der Waals surface area contributed by atoms with E-state index in [0.717, 1.165) is 0 Å². The SMILES string of the molecule is O=S1(=O)C[C@@H](Cl)[C@@H](S(=O)(=O)Oc2ccccc2)C1. The number of para-hydroxylation sites is 1. The maximum absolute atomic E-state index is 11.9. The Morgan fingerprint density at radius 2 is 1.78 bits per heavy atom. The van der Waals surface area contributed by atoms with Crippen LogP contribution in [0.15, 0.2) is 30.3 Å². The van der Waals surface area contributed by atoms with Gasteiger partial charge in [0.15, 0.2) is 9.84 Å². The van der Waals surface area contributed by atoms with Crippen LogP contribution in [0.1, 0.15) is 0 Å². The van der Waals surface area contributed by atoms with E-state index in [1.165, 1.54) is 12.1 Å². The predicted molar refractivity (Wildman–Crippen MR) is 68.1 cm³/mol. The van der Waals surface area contributed by atoms with E-state index in [4.69, 9.17) is 15.8 Å². The summed E-state index contributed by atoms with van der Waals surface area (Å²) < 4.78 is 51.4. The second kappa shape index (κ2) is 4.71. The lowest BCUT2D eigenvalue weighted by atomic mass is 10.3. The molecule has 2 rings (SSSR count). The van der Waals surface area contributed by atoms with Gasteiger partial charge in [-0.15, -0.1) is 11.6 Å². The van der Waals surface area contributed by atoms with E-state index in [9.17, 15) is 16.8 Å². The van der Waals surface area contributed by atoms with E-state index >= 15 is 0 Å². The highest BCUT2D eigenvalue weighted by atomic mass is 35.5. The first-order valence-electron chi connectivity index (χ1n) is 5.13. The minimum absolute atomic E-state index is 0.144. The molecule has 18 heavy (non-hydrogen) atoms. The first-order valence-corrected chi connectivity index (χ1v) is 8.86. The molecule has 0 saturated carbocycles. The van der Waals surface area contributed by atoms with Crippen molar-refractivity contribution < 1.29 is 21.0 Å². The second-order valence-corrected chi connectivity index (χ2v) is 8.49. The van der Waals surface area contributed by atoms with Gasteiger partial charge in [-0.05, 0) is 12.1 Å². The van der Waals surface area contributed by atoms with E-state index in [0.29, 0.717) is 0 Å². The zero-order chi connectivity index (χ0) is 13.4. The Labute approximate surface area is 111 Å². The summed E-state index contributed by atoms with van der Waals surface area (Å²) in [5, 5.41) is -2.19. The Balaban J connectivity index is 2.23. The van der Waals surface area contributed by atoms with E-state index in [-0.39, 0.29) is 11.5 Å². The third kappa shape index (κ3) is 2.96. The van der Waals surface area contributed by atoms with Gasteiger partial charge in [0.1, 0.15) is 11.0 Å². The maximum Gasteiger partial charge on any atom is 0.314 e. The third-order valence-electron chi connectivity index (χ3n) is 2.56. The van der Waals surface area contributed by atoms with Gasteiger partial charge in [-0.1, -0.05) is 18.2 Å². The molecule has 1 aliphatic heterocycles. The van der Waals surface area contributed by atoms with Crippen LogP contribution in [0.5, 0.6) is 5.75 Å². The summed E-state index contributed by atoms with van der Waals surface area (Å²) in [5.41, 5.74) is 0. The number of benzene rings is 1. The lowest BCUT2D eigenvalue weighted by Gasteiger charge is -2.13. The average Bonchev–Trinajstić information content (AvgIpc) is 2.54. The largest absolute Gasteiger partial charge is 0.382 e. The minimum Gasteiger partial charge on any atom is -0.382 e. The van der Waals surface area contributed by atoms with Crippen molar-refractivity contribution >= 4 is 31.6 Å². The molecule has 1 aromatic carbocycles. The van der Waals surface area contributed by atoms with Crippen LogP contribution in [-0.4, -0.2) is 39.0 Å². The molecule has 8 heteroatoms. The number of alkyl halides is 1. The van der Waals surface area contributed by atoms with Crippen molar-refractivity contribution in [3.63, 3.8) is 0 Å². The fraction of sp³-hybridized carbons (Fsp3) is 0.400. The second-order valence-electron chi connectivity index (χ2n) is 4.02. The Hall–Kier alpha value is -0.790. The van der Waals surface area contributed by atoms with Gasteiger partial charge >= 0.3 is 10.1 Å². The summed E-state index contributed by atoms with van der Waals surface area (Å²) in [7, 11) is -7.46. The van der Waals surface area contributed by atoms with Gasteiger partial charge in [-0.2, -0.15) is 8.42 Å². The van der Waals surface area contributed by atoms with Crippen molar-refractivity contribution in [1.29, 1.82) is 0 Å². The van der Waals surface area contributed by atoms with E-state index < -0.39 is 36.3 Å². The third-order valence-corrected chi connectivity index (χ3v) is 6.96. The van der Waals surface area contributed by atoms with Crippen molar-refractivity contribution in [3.05, 3.63) is 30.3 Å². The molecule has 5 nitrogen and oxygen atoms in total. The van der Waals surface area contributed by atoms with Gasteiger partial charge in [0.2, 0.25) is 0 Å². The molecule has 0 bridgehead atoms. The molecule has 100 valence electrons. The van der Waals surface area contributed by atoms with Crippen LogP contribution in [0, 0.1) is 0 Å². The summed E-state index contributed by atoms with van der Waals surface area (Å²) in [5.74, 6) is -0.682. The van der Waals surface area contributed by atoms with Crippen LogP contribution in [0.25, 0.3) is 0 Å². The fourth-order valence-electron chi connectivity index (χ4n) is 1.71. The Bertz CT molecular complexity index is 623. The number of halogens is 1. The highest BCUT2D eigenvalue weighted by molar-refractivity contribution is 7.94. The molecule has 0 aliphatic carbocycles. The Morgan fingerprint density at radius 3 is 2.28 bits per heavy atom. The van der Waals surface area contributed by atoms with Crippen LogP contribution in [0.4, 0.5) is 0 Å². The molecule has 0 N–H and O–H groups in total. The highest BCUT2D eigenvalue weighted by Crippen LogP contribution is 2.26. The average molecular weight is 311 g/mol. The van der Waals surface area contributed by atoms with Crippen molar-refractivity contribution in [3.8, 4) is 5.75 Å². The molecular weight excluding hydrogens is 300 g/mol. The lowest BCUT2D eigenvalue weighted by Crippen LogP contribution is -2.33. The summed E-state index contributed by atoms with van der Waals surface area (Å²) in [6.07, 6.45) is 0. The Morgan fingerprint density at radius 1 is 1.17 bits per heavy atom. The molecule has 1 aliphatic rings. The first-order chi connectivity index (χ1) is 8.30. The zero-order valence-corrected chi connectivity index (χ0v) is 11.6. The molecule has 1 aromatic rings. The number of hydrogen-bond acceptors (Lipinski definition) is 5. The van der Waals surface area contributed by atoms with Gasteiger partial charge in [0.25, 0.3) is 0 Å². The van der Waals surface area contributed by atoms with E-state index in [1.807, 2.05) is 0 Å². The number of sulfone groups is 1. The monoisotopic (exact) mass is 310 g/mol. The number of rotatable bonds is 3. The summed E-state index contributed by atoms with van der Waals surface area (Å²) in [6, 6.07) is 7.90. The minimum atomic E-state index is -4.04. The van der Waals surface area contributed by atoms with E-state index in [1.54, 1.807) is 18.2 Å². The highest BCUT2D eigenvalue weighted by Gasteiger charge is 2.45. The van der Waals surface area contributed by atoms with Crippen molar-refractivity contribution in [2.24, 2.45) is 0 Å². The molecule has 0 radical (unpaired) electrons. The van der Waals surface area contributed by atoms with Gasteiger partial charge in [0.05, 0.1) is 16.9 Å². The molecule has 0 spiro atoms. The summed E-state index contributed by atoms with van der Waals surface area (Å²) >= 11 is 5.78. The smallest absolute Gasteiger partial charge is 0.314 e. The van der Waals surface area contributed by atoms with Crippen LogP contribution in [-0.2, 0) is 20.0 Å². The van der Waals surface area contributed by atoms with Crippen molar-refractivity contribution in [1.82, 2.24) is 0 Å². The quantitative estimate of drug-likeness (QED) is 0.609. The van der Waals surface area contributed by atoms with Crippen LogP contribution in [0.2, 0.25) is 0 Å². The summed E-state index contributed by atoms with van der Waals surface area (Å²) in [6.45, 7) is 0. The standard InChI is InChI=1S/C10H11ClO5S2/c11-9-6-17(12,13)7-10(9)18(14,15)16-8-4-2-1-3-5-8/h1-5,9-10H,6-7H2/t9-,10+/m1/s1. The predicted octanol–water partition coefficient (Wildman–Crippen LogP) is 0.800. The van der Waals surface area contributed by atoms with Crippen LogP contribution in [0.3, 0.4) is 0 Å². The van der Waals surface area contributed by atoms with Gasteiger partial charge < -0.3 is 4.18 Å². The van der Waals surface area contributed by atoms with Crippen LogP contribution < -0.4 is 4.18 Å². The first kappa shape index (κ1) is 13.6. The van der Waals surface area contributed by atoms with Crippen molar-refractivity contribution in [2.75, 3.05) is 11.5 Å². The van der Waals surface area contributed by atoms with Crippen molar-refractivity contribution in [2.45, 2.75) is 10.6 Å². The van der Waals surface area contributed by atoms with Gasteiger partial charge in [-0.25, -0.2) is 8.42 Å². The normalized spacial score (nSPS) is 26.9. The topological polar surface area (TPSA) is 77.5 Å². The molecule has 0 amide bonds. The Kier molecular flexibility index (Phi) is 3.57. The maximum atomic E-state index is 11.9. The summed E-state index contributed by atoms with van der Waals surface area (Å²) in [4.78, 5) is 0. The molecule has 0 aromatic heterocycles. The van der Waals surface area contributed by atoms with Gasteiger partial charge in [-0.3, -0.25) is 0 Å². The van der Waals surface area contributed by atoms with Crippen LogP contribution >= 0.6 is 11.6 Å². The number of hydrogen-bond donors (Lipinski definition) is 0.